The molecule has 1 nitrogen and oxygen atoms in total. The van der Waals surface area contributed by atoms with E-state index in [1.165, 1.54) is 12.8 Å². The van der Waals surface area contributed by atoms with E-state index in [0.29, 0.717) is 11.5 Å². The third-order valence-corrected chi connectivity index (χ3v) is 2.96. The Balaban J connectivity index is 2.21. The lowest BCUT2D eigenvalue weighted by Crippen LogP contribution is -2.33. The molecule has 64 valence electrons. The van der Waals surface area contributed by atoms with Crippen molar-refractivity contribution in [1.82, 2.24) is 5.32 Å². The van der Waals surface area contributed by atoms with Gasteiger partial charge < -0.3 is 5.32 Å². The highest BCUT2D eigenvalue weighted by Crippen LogP contribution is 2.47. The fraction of sp³-hybridized carbons (Fsp3) is 0.778. The summed E-state index contributed by atoms with van der Waals surface area (Å²) in [6.45, 7) is 9.26. The molecule has 0 amide bonds. The van der Waals surface area contributed by atoms with Crippen molar-refractivity contribution in [2.45, 2.75) is 32.7 Å². The average Bonchev–Trinajstić information content (AvgIpc) is 2.64. The Morgan fingerprint density at radius 1 is 1.73 bits per heavy atom. The highest BCUT2D eigenvalue weighted by Gasteiger charge is 2.41. The Hall–Kier alpha value is 0.180. The van der Waals surface area contributed by atoms with Gasteiger partial charge in [0.15, 0.2) is 0 Å². The summed E-state index contributed by atoms with van der Waals surface area (Å²) >= 11 is 3.33. The zero-order valence-corrected chi connectivity index (χ0v) is 8.87. The molecule has 11 heavy (non-hydrogen) atoms. The highest BCUT2D eigenvalue weighted by molar-refractivity contribution is 9.11. The predicted octanol–water partition coefficient (Wildman–Crippen LogP) is 2.67. The molecule has 2 heteroatoms. The van der Waals surface area contributed by atoms with E-state index in [4.69, 9.17) is 0 Å². The highest BCUT2D eigenvalue weighted by atomic mass is 79.9. The minimum absolute atomic E-state index is 0.572. The van der Waals surface area contributed by atoms with Gasteiger partial charge in [-0.2, -0.15) is 0 Å². The minimum atomic E-state index is 0.572. The zero-order valence-electron chi connectivity index (χ0n) is 7.28. The maximum absolute atomic E-state index is 3.78. The van der Waals surface area contributed by atoms with Gasteiger partial charge in [0.1, 0.15) is 0 Å². The van der Waals surface area contributed by atoms with Gasteiger partial charge in [0, 0.05) is 17.1 Å². The Labute approximate surface area is 77.4 Å². The molecule has 1 aliphatic rings. The van der Waals surface area contributed by atoms with E-state index in [1.54, 1.807) is 0 Å². The molecule has 1 atom stereocenters. The maximum Gasteiger partial charge on any atom is 0.0268 e. The summed E-state index contributed by atoms with van der Waals surface area (Å²) in [6, 6.07) is 0.622. The number of hydrogen-bond acceptors (Lipinski definition) is 1. The van der Waals surface area contributed by atoms with Gasteiger partial charge in [0.2, 0.25) is 0 Å². The summed E-state index contributed by atoms with van der Waals surface area (Å²) in [4.78, 5) is 0. The molecule has 0 aromatic carbocycles. The van der Waals surface area contributed by atoms with Crippen molar-refractivity contribution < 1.29 is 0 Å². The number of nitrogens with one attached hydrogen (secondary N) is 1. The molecule has 1 rings (SSSR count). The van der Waals surface area contributed by atoms with Crippen molar-refractivity contribution in [3.63, 3.8) is 0 Å². The van der Waals surface area contributed by atoms with Crippen molar-refractivity contribution in [1.29, 1.82) is 0 Å². The molecule has 0 aliphatic heterocycles. The maximum atomic E-state index is 3.78. The molecule has 1 aliphatic carbocycles. The largest absolute Gasteiger partial charge is 0.309 e. The first kappa shape index (κ1) is 9.27. The van der Waals surface area contributed by atoms with E-state index in [9.17, 15) is 0 Å². The molecule has 1 N–H and O–H groups in total. The van der Waals surface area contributed by atoms with Gasteiger partial charge >= 0.3 is 0 Å². The van der Waals surface area contributed by atoms with Gasteiger partial charge in [-0.15, -0.1) is 0 Å². The number of hydrogen-bond donors (Lipinski definition) is 1. The van der Waals surface area contributed by atoms with Gasteiger partial charge in [0.05, 0.1) is 0 Å². The summed E-state index contributed by atoms with van der Waals surface area (Å²) in [5.41, 5.74) is 0.572. The monoisotopic (exact) mass is 217 g/mol. The Morgan fingerprint density at radius 2 is 2.27 bits per heavy atom. The topological polar surface area (TPSA) is 12.0 Å². The Kier molecular flexibility index (Phi) is 2.76. The van der Waals surface area contributed by atoms with Crippen LogP contribution in [0.5, 0.6) is 0 Å². The average molecular weight is 218 g/mol. The van der Waals surface area contributed by atoms with Gasteiger partial charge in [-0.25, -0.2) is 0 Å². The summed E-state index contributed by atoms with van der Waals surface area (Å²) in [5, 5.41) is 3.44. The van der Waals surface area contributed by atoms with Gasteiger partial charge in [-0.1, -0.05) is 29.4 Å². The summed E-state index contributed by atoms with van der Waals surface area (Å²) in [6.07, 6.45) is 2.74. The second kappa shape index (κ2) is 3.28. The third-order valence-electron chi connectivity index (χ3n) is 2.68. The predicted molar refractivity (Wildman–Crippen MR) is 52.9 cm³/mol. The molecule has 0 radical (unpaired) electrons. The molecule has 1 unspecified atom stereocenters. The van der Waals surface area contributed by atoms with E-state index in [0.717, 1.165) is 11.0 Å². The van der Waals surface area contributed by atoms with Crippen LogP contribution in [-0.2, 0) is 0 Å². The van der Waals surface area contributed by atoms with Crippen LogP contribution in [0.3, 0.4) is 0 Å². The molecular weight excluding hydrogens is 202 g/mol. The molecule has 0 heterocycles. The van der Waals surface area contributed by atoms with E-state index in [2.05, 4.69) is 41.7 Å². The first-order valence-corrected chi connectivity index (χ1v) is 4.90. The van der Waals surface area contributed by atoms with Crippen LogP contribution >= 0.6 is 15.9 Å². The first-order valence-electron chi connectivity index (χ1n) is 4.11. The van der Waals surface area contributed by atoms with Crippen molar-refractivity contribution >= 4 is 15.9 Å². The second-order valence-corrected chi connectivity index (χ2v) is 4.90. The Bertz CT molecular complexity index is 161. The van der Waals surface area contributed by atoms with Gasteiger partial charge in [0.25, 0.3) is 0 Å². The fourth-order valence-corrected chi connectivity index (χ4v) is 1.30. The first-order chi connectivity index (χ1) is 5.04. The Morgan fingerprint density at radius 3 is 2.64 bits per heavy atom. The molecule has 1 saturated carbocycles. The van der Waals surface area contributed by atoms with E-state index >= 15 is 0 Å². The molecule has 0 aromatic rings. The summed E-state index contributed by atoms with van der Waals surface area (Å²) in [7, 11) is 0. The lowest BCUT2D eigenvalue weighted by atomic mass is 10.0. The van der Waals surface area contributed by atoms with Crippen molar-refractivity contribution in [2.24, 2.45) is 5.41 Å². The third kappa shape index (κ3) is 2.60. The van der Waals surface area contributed by atoms with Crippen LogP contribution in [0.1, 0.15) is 26.7 Å². The summed E-state index contributed by atoms with van der Waals surface area (Å²) < 4.78 is 1.04. The molecule has 1 fully saturated rings. The van der Waals surface area contributed by atoms with Crippen molar-refractivity contribution in [3.8, 4) is 0 Å². The number of halogens is 1. The molecular formula is C9H16BrN. The number of rotatable bonds is 4. The quantitative estimate of drug-likeness (QED) is 0.764. The second-order valence-electron chi connectivity index (χ2n) is 3.77. The van der Waals surface area contributed by atoms with Crippen LogP contribution in [0, 0.1) is 5.41 Å². The summed E-state index contributed by atoms with van der Waals surface area (Å²) in [5.74, 6) is 0. The van der Waals surface area contributed by atoms with Gasteiger partial charge in [-0.3, -0.25) is 0 Å². The standard InChI is InChI=1S/C9H16BrN/c1-7(10)6-11-8(2)9(3)4-5-9/h8,11H,1,4-6H2,2-3H3. The van der Waals surface area contributed by atoms with Crippen molar-refractivity contribution in [2.75, 3.05) is 6.54 Å². The van der Waals surface area contributed by atoms with E-state index < -0.39 is 0 Å². The molecule has 0 spiro atoms. The SMILES string of the molecule is C=C(Br)CNC(C)C1(C)CC1. The lowest BCUT2D eigenvalue weighted by Gasteiger charge is -2.19. The van der Waals surface area contributed by atoms with Crippen molar-refractivity contribution in [3.05, 3.63) is 11.1 Å². The van der Waals surface area contributed by atoms with Crippen LogP contribution in [0.2, 0.25) is 0 Å². The van der Waals surface area contributed by atoms with Crippen LogP contribution in [-0.4, -0.2) is 12.6 Å². The van der Waals surface area contributed by atoms with Crippen LogP contribution in [0.15, 0.2) is 11.1 Å². The fourth-order valence-electron chi connectivity index (χ4n) is 1.14. The normalized spacial score (nSPS) is 22.8. The van der Waals surface area contributed by atoms with Crippen LogP contribution < -0.4 is 5.32 Å². The lowest BCUT2D eigenvalue weighted by molar-refractivity contribution is 0.394. The minimum Gasteiger partial charge on any atom is -0.309 e. The molecule has 0 saturated heterocycles. The smallest absolute Gasteiger partial charge is 0.0268 e. The molecule has 0 bridgehead atoms. The van der Waals surface area contributed by atoms with E-state index in [1.807, 2.05) is 0 Å². The van der Waals surface area contributed by atoms with E-state index in [-0.39, 0.29) is 0 Å². The zero-order chi connectivity index (χ0) is 8.48. The molecule has 0 aromatic heterocycles. The van der Waals surface area contributed by atoms with Crippen LogP contribution in [0.4, 0.5) is 0 Å². The van der Waals surface area contributed by atoms with Gasteiger partial charge in [-0.05, 0) is 25.2 Å². The van der Waals surface area contributed by atoms with Crippen LogP contribution in [0.25, 0.3) is 0 Å².